The number of aliphatic hydroxyl groups is 1. The average molecular weight is 377 g/mol. The monoisotopic (exact) mass is 377 g/mol. The Hall–Kier alpha value is -3.31. The molecule has 5 heteroatoms. The molecule has 0 bridgehead atoms. The van der Waals surface area contributed by atoms with E-state index in [0.717, 1.165) is 22.6 Å². The third-order valence-corrected chi connectivity index (χ3v) is 4.11. The van der Waals surface area contributed by atoms with Crippen molar-refractivity contribution in [3.8, 4) is 23.0 Å². The van der Waals surface area contributed by atoms with Crippen molar-refractivity contribution in [3.63, 3.8) is 0 Å². The van der Waals surface area contributed by atoms with Crippen molar-refractivity contribution in [2.45, 2.75) is 13.5 Å². The van der Waals surface area contributed by atoms with Gasteiger partial charge >= 0.3 is 0 Å². The van der Waals surface area contributed by atoms with Crippen LogP contribution in [0.2, 0.25) is 0 Å². The van der Waals surface area contributed by atoms with E-state index in [1.807, 2.05) is 67.6 Å². The minimum absolute atomic E-state index is 0.0217. The second-order valence-electron chi connectivity index (χ2n) is 6.06. The third-order valence-electron chi connectivity index (χ3n) is 4.11. The summed E-state index contributed by atoms with van der Waals surface area (Å²) in [6, 6.07) is 15.5. The average Bonchev–Trinajstić information content (AvgIpc) is 3.11. The van der Waals surface area contributed by atoms with Gasteiger partial charge in [-0.2, -0.15) is 0 Å². The molecule has 0 saturated heterocycles. The third kappa shape index (κ3) is 4.90. The van der Waals surface area contributed by atoms with Crippen LogP contribution in [-0.2, 0) is 6.61 Å². The SMILES string of the molecule is COc1cc(C=CC=CCO)ccc1OCc1nc(-c2ccccc2)oc1C. The van der Waals surface area contributed by atoms with Crippen LogP contribution in [0.5, 0.6) is 11.5 Å². The van der Waals surface area contributed by atoms with Gasteiger partial charge in [-0.05, 0) is 36.8 Å². The number of aliphatic hydroxyl groups excluding tert-OH is 1. The number of allylic oxidation sites excluding steroid dienone is 2. The Bertz CT molecular complexity index is 958. The molecule has 1 aromatic heterocycles. The van der Waals surface area contributed by atoms with Gasteiger partial charge in [-0.15, -0.1) is 0 Å². The summed E-state index contributed by atoms with van der Waals surface area (Å²) in [7, 11) is 1.61. The van der Waals surface area contributed by atoms with E-state index in [4.69, 9.17) is 19.0 Å². The second-order valence-corrected chi connectivity index (χ2v) is 6.06. The Kier molecular flexibility index (Phi) is 6.65. The lowest BCUT2D eigenvalue weighted by molar-refractivity contribution is 0.279. The van der Waals surface area contributed by atoms with Crippen molar-refractivity contribution >= 4 is 6.08 Å². The van der Waals surface area contributed by atoms with Crippen molar-refractivity contribution in [1.82, 2.24) is 4.98 Å². The molecular weight excluding hydrogens is 354 g/mol. The first-order chi connectivity index (χ1) is 13.7. The molecule has 0 amide bonds. The maximum absolute atomic E-state index is 8.75. The van der Waals surface area contributed by atoms with E-state index in [2.05, 4.69) is 4.98 Å². The van der Waals surface area contributed by atoms with E-state index in [1.54, 1.807) is 19.3 Å². The molecule has 0 radical (unpaired) electrons. The summed E-state index contributed by atoms with van der Waals surface area (Å²) in [5, 5.41) is 8.75. The van der Waals surface area contributed by atoms with Gasteiger partial charge in [0.05, 0.1) is 13.7 Å². The predicted octanol–water partition coefficient (Wildman–Crippen LogP) is 4.80. The minimum Gasteiger partial charge on any atom is -0.493 e. The topological polar surface area (TPSA) is 64.7 Å². The van der Waals surface area contributed by atoms with Gasteiger partial charge in [-0.1, -0.05) is 48.6 Å². The normalized spacial score (nSPS) is 11.4. The highest BCUT2D eigenvalue weighted by molar-refractivity contribution is 5.57. The van der Waals surface area contributed by atoms with Crippen LogP contribution >= 0.6 is 0 Å². The van der Waals surface area contributed by atoms with Crippen LogP contribution in [0.3, 0.4) is 0 Å². The smallest absolute Gasteiger partial charge is 0.226 e. The lowest BCUT2D eigenvalue weighted by atomic mass is 10.2. The summed E-state index contributed by atoms with van der Waals surface area (Å²) in [5.74, 6) is 2.58. The van der Waals surface area contributed by atoms with Crippen molar-refractivity contribution in [2.75, 3.05) is 13.7 Å². The van der Waals surface area contributed by atoms with E-state index in [9.17, 15) is 0 Å². The molecule has 5 nitrogen and oxygen atoms in total. The maximum atomic E-state index is 8.75. The zero-order chi connectivity index (χ0) is 19.8. The van der Waals surface area contributed by atoms with E-state index in [1.165, 1.54) is 0 Å². The predicted molar refractivity (Wildman–Crippen MR) is 109 cm³/mol. The van der Waals surface area contributed by atoms with Crippen LogP contribution < -0.4 is 9.47 Å². The molecule has 0 atom stereocenters. The summed E-state index contributed by atoms with van der Waals surface area (Å²) < 4.78 is 17.1. The fourth-order valence-corrected chi connectivity index (χ4v) is 2.63. The van der Waals surface area contributed by atoms with Crippen LogP contribution in [0.4, 0.5) is 0 Å². The van der Waals surface area contributed by atoms with Crippen molar-refractivity contribution in [3.05, 3.63) is 83.8 Å². The zero-order valence-corrected chi connectivity index (χ0v) is 16.0. The van der Waals surface area contributed by atoms with Crippen molar-refractivity contribution in [1.29, 1.82) is 0 Å². The first kappa shape index (κ1) is 19.5. The number of ether oxygens (including phenoxy) is 2. The summed E-state index contributed by atoms with van der Waals surface area (Å²) >= 11 is 0. The number of rotatable bonds is 8. The Morgan fingerprint density at radius 1 is 1.07 bits per heavy atom. The molecule has 144 valence electrons. The molecule has 0 aliphatic heterocycles. The summed E-state index contributed by atoms with van der Waals surface area (Å²) in [5.41, 5.74) is 2.65. The van der Waals surface area contributed by atoms with Crippen LogP contribution in [0.15, 0.2) is 71.2 Å². The molecule has 0 spiro atoms. The van der Waals surface area contributed by atoms with Gasteiger partial charge < -0.3 is 19.0 Å². The summed E-state index contributed by atoms with van der Waals surface area (Å²) in [6.45, 7) is 2.18. The van der Waals surface area contributed by atoms with Crippen LogP contribution in [0.25, 0.3) is 17.5 Å². The zero-order valence-electron chi connectivity index (χ0n) is 16.0. The number of hydrogen-bond donors (Lipinski definition) is 1. The maximum Gasteiger partial charge on any atom is 0.226 e. The number of aryl methyl sites for hydroxylation is 1. The van der Waals surface area contributed by atoms with Gasteiger partial charge in [0, 0.05) is 5.56 Å². The van der Waals surface area contributed by atoms with Gasteiger partial charge in [-0.3, -0.25) is 0 Å². The number of aromatic nitrogens is 1. The number of oxazole rings is 1. The number of nitrogens with zero attached hydrogens (tertiary/aromatic N) is 1. The fourth-order valence-electron chi connectivity index (χ4n) is 2.63. The molecule has 3 rings (SSSR count). The van der Waals surface area contributed by atoms with Crippen LogP contribution in [-0.4, -0.2) is 23.8 Å². The quantitative estimate of drug-likeness (QED) is 0.571. The largest absolute Gasteiger partial charge is 0.493 e. The number of hydrogen-bond acceptors (Lipinski definition) is 5. The highest BCUT2D eigenvalue weighted by atomic mass is 16.5. The van der Waals surface area contributed by atoms with E-state index >= 15 is 0 Å². The van der Waals surface area contributed by atoms with Crippen LogP contribution in [0.1, 0.15) is 17.0 Å². The fraction of sp³-hybridized carbons (Fsp3) is 0.174. The second kappa shape index (κ2) is 9.58. The van der Waals surface area contributed by atoms with Gasteiger partial charge in [0.2, 0.25) is 5.89 Å². The van der Waals surface area contributed by atoms with E-state index in [-0.39, 0.29) is 13.2 Å². The molecule has 3 aromatic rings. The molecule has 1 N–H and O–H groups in total. The van der Waals surface area contributed by atoms with Gasteiger partial charge in [0.1, 0.15) is 18.1 Å². The Morgan fingerprint density at radius 3 is 2.64 bits per heavy atom. The first-order valence-electron chi connectivity index (χ1n) is 8.98. The Labute approximate surface area is 164 Å². The molecular formula is C23H23NO4. The highest BCUT2D eigenvalue weighted by Gasteiger charge is 2.13. The molecule has 0 fully saturated rings. The Morgan fingerprint density at radius 2 is 1.89 bits per heavy atom. The molecule has 0 aliphatic carbocycles. The number of benzene rings is 2. The van der Waals surface area contributed by atoms with Gasteiger partial charge in [0.25, 0.3) is 0 Å². The molecule has 0 aliphatic rings. The van der Waals surface area contributed by atoms with E-state index < -0.39 is 0 Å². The highest BCUT2D eigenvalue weighted by Crippen LogP contribution is 2.30. The molecule has 28 heavy (non-hydrogen) atoms. The van der Waals surface area contributed by atoms with Crippen molar-refractivity contribution < 1.29 is 19.0 Å². The first-order valence-corrected chi connectivity index (χ1v) is 8.98. The standard InChI is InChI=1S/C23H23NO4/c1-17-20(24-23(28-17)19-10-6-3-7-11-19)16-27-21-13-12-18(15-22(21)26-2)9-5-4-8-14-25/h3-13,15,25H,14,16H2,1-2H3. The summed E-state index contributed by atoms with van der Waals surface area (Å²) in [4.78, 5) is 4.55. The van der Waals surface area contributed by atoms with Crippen molar-refractivity contribution in [2.24, 2.45) is 0 Å². The molecule has 1 heterocycles. The lowest BCUT2D eigenvalue weighted by Gasteiger charge is -2.10. The number of methoxy groups -OCH3 is 1. The van der Waals surface area contributed by atoms with Gasteiger partial charge in [-0.25, -0.2) is 4.98 Å². The summed E-state index contributed by atoms with van der Waals surface area (Å²) in [6.07, 6.45) is 7.23. The minimum atomic E-state index is 0.0217. The van der Waals surface area contributed by atoms with Gasteiger partial charge in [0.15, 0.2) is 11.5 Å². The molecule has 2 aromatic carbocycles. The van der Waals surface area contributed by atoms with E-state index in [0.29, 0.717) is 17.4 Å². The Balaban J connectivity index is 1.71. The molecule has 0 saturated carbocycles. The van der Waals surface area contributed by atoms with Crippen LogP contribution in [0, 0.1) is 6.92 Å². The lowest BCUT2D eigenvalue weighted by Crippen LogP contribution is -1.99. The molecule has 0 unspecified atom stereocenters.